The normalized spacial score (nSPS) is 14.0. The summed E-state index contributed by atoms with van der Waals surface area (Å²) in [6.45, 7) is 5.36. The third-order valence-corrected chi connectivity index (χ3v) is 5.90. The van der Waals surface area contributed by atoms with E-state index in [0.717, 1.165) is 54.8 Å². The number of nitrogens with one attached hydrogen (secondary N) is 1. The van der Waals surface area contributed by atoms with E-state index in [4.69, 9.17) is 9.72 Å². The third-order valence-electron chi connectivity index (χ3n) is 5.00. The molecule has 0 radical (unpaired) electrons. The molecule has 150 valence electrons. The molecule has 29 heavy (non-hydrogen) atoms. The number of anilines is 2. The van der Waals surface area contributed by atoms with Crippen LogP contribution in [0.1, 0.15) is 17.5 Å². The van der Waals surface area contributed by atoms with E-state index in [1.165, 1.54) is 11.1 Å². The van der Waals surface area contributed by atoms with Gasteiger partial charge in [0.05, 0.1) is 18.9 Å². The van der Waals surface area contributed by atoms with Crippen LogP contribution in [0.25, 0.3) is 11.3 Å². The fraction of sp³-hybridized carbons (Fsp3) is 0.304. The van der Waals surface area contributed by atoms with Crippen LogP contribution >= 0.6 is 11.3 Å². The molecule has 0 aliphatic carbocycles. The molecular weight excluding hydrogens is 382 g/mol. The Morgan fingerprint density at radius 3 is 2.55 bits per heavy atom. The summed E-state index contributed by atoms with van der Waals surface area (Å²) in [6.07, 6.45) is 1.22. The lowest BCUT2D eigenvalue weighted by Crippen LogP contribution is -2.36. The maximum Gasteiger partial charge on any atom is 0.224 e. The summed E-state index contributed by atoms with van der Waals surface area (Å²) >= 11 is 1.66. The fourth-order valence-electron chi connectivity index (χ4n) is 3.26. The highest BCUT2D eigenvalue weighted by molar-refractivity contribution is 7.14. The number of benzene rings is 2. The molecule has 6 heteroatoms. The third kappa shape index (κ3) is 5.22. The van der Waals surface area contributed by atoms with Gasteiger partial charge < -0.3 is 15.0 Å². The SMILES string of the molecule is Cc1ccc(CCC(=O)Nc2ccc(-c3csc(N4CCOCC4)n3)cc2)cc1. The van der Waals surface area contributed by atoms with Gasteiger partial charge in [-0.1, -0.05) is 42.0 Å². The summed E-state index contributed by atoms with van der Waals surface area (Å²) in [7, 11) is 0. The number of ether oxygens (including phenoxy) is 1. The Morgan fingerprint density at radius 1 is 1.10 bits per heavy atom. The summed E-state index contributed by atoms with van der Waals surface area (Å²) in [5.74, 6) is 0.0292. The Hall–Kier alpha value is -2.70. The minimum atomic E-state index is 0.0292. The van der Waals surface area contributed by atoms with Gasteiger partial charge in [0.15, 0.2) is 5.13 Å². The van der Waals surface area contributed by atoms with Gasteiger partial charge in [0.1, 0.15) is 0 Å². The van der Waals surface area contributed by atoms with Gasteiger partial charge in [0.2, 0.25) is 5.91 Å². The van der Waals surface area contributed by atoms with Crippen LogP contribution < -0.4 is 10.2 Å². The van der Waals surface area contributed by atoms with Gasteiger partial charge in [0.25, 0.3) is 0 Å². The van der Waals surface area contributed by atoms with Crippen LogP contribution in [-0.2, 0) is 16.0 Å². The van der Waals surface area contributed by atoms with Crippen molar-refractivity contribution < 1.29 is 9.53 Å². The number of aryl methyl sites for hydroxylation is 2. The lowest BCUT2D eigenvalue weighted by molar-refractivity contribution is -0.116. The van der Waals surface area contributed by atoms with Crippen molar-refractivity contribution in [2.45, 2.75) is 19.8 Å². The molecule has 0 atom stereocenters. The van der Waals surface area contributed by atoms with Crippen molar-refractivity contribution in [2.75, 3.05) is 36.5 Å². The second kappa shape index (κ2) is 9.20. The average Bonchev–Trinajstić information content (AvgIpc) is 3.25. The molecule has 1 aromatic heterocycles. The molecule has 0 bridgehead atoms. The van der Waals surface area contributed by atoms with Gasteiger partial charge >= 0.3 is 0 Å². The Bertz CT molecular complexity index is 945. The molecular formula is C23H25N3O2S. The second-order valence-electron chi connectivity index (χ2n) is 7.23. The maximum atomic E-state index is 12.2. The molecule has 1 fully saturated rings. The molecule has 3 aromatic rings. The first kappa shape index (κ1) is 19.6. The number of thiazole rings is 1. The summed E-state index contributed by atoms with van der Waals surface area (Å²) in [6, 6.07) is 16.2. The van der Waals surface area contributed by atoms with Crippen LogP contribution in [-0.4, -0.2) is 37.2 Å². The smallest absolute Gasteiger partial charge is 0.224 e. The summed E-state index contributed by atoms with van der Waals surface area (Å²) in [4.78, 5) is 19.3. The lowest BCUT2D eigenvalue weighted by Gasteiger charge is -2.26. The summed E-state index contributed by atoms with van der Waals surface area (Å²) in [5.41, 5.74) is 5.25. The Balaban J connectivity index is 1.32. The van der Waals surface area contributed by atoms with Crippen molar-refractivity contribution in [3.63, 3.8) is 0 Å². The minimum Gasteiger partial charge on any atom is -0.378 e. The largest absolute Gasteiger partial charge is 0.378 e. The van der Waals surface area contributed by atoms with Crippen LogP contribution in [0.5, 0.6) is 0 Å². The molecule has 1 N–H and O–H groups in total. The molecule has 1 aliphatic rings. The molecule has 0 spiro atoms. The van der Waals surface area contributed by atoms with Gasteiger partial charge in [-0.3, -0.25) is 4.79 Å². The Labute approximate surface area is 175 Å². The monoisotopic (exact) mass is 407 g/mol. The first-order chi connectivity index (χ1) is 14.2. The molecule has 2 heterocycles. The van der Waals surface area contributed by atoms with E-state index in [9.17, 15) is 4.79 Å². The van der Waals surface area contributed by atoms with Crippen molar-refractivity contribution in [1.29, 1.82) is 0 Å². The molecule has 4 rings (SSSR count). The standard InChI is InChI=1S/C23H25N3O2S/c1-17-2-4-18(5-3-17)6-11-22(27)24-20-9-7-19(8-10-20)21-16-29-23(25-21)26-12-14-28-15-13-26/h2-5,7-10,16H,6,11-15H2,1H3,(H,24,27). The zero-order valence-electron chi connectivity index (χ0n) is 16.6. The second-order valence-corrected chi connectivity index (χ2v) is 8.06. The number of nitrogens with zero attached hydrogens (tertiary/aromatic N) is 2. The van der Waals surface area contributed by atoms with E-state index in [-0.39, 0.29) is 5.91 Å². The zero-order chi connectivity index (χ0) is 20.1. The van der Waals surface area contributed by atoms with Crippen LogP contribution in [0.2, 0.25) is 0 Å². The first-order valence-corrected chi connectivity index (χ1v) is 10.8. The van der Waals surface area contributed by atoms with E-state index in [1.807, 2.05) is 24.3 Å². The number of aromatic nitrogens is 1. The topological polar surface area (TPSA) is 54.5 Å². The highest BCUT2D eigenvalue weighted by atomic mass is 32.1. The van der Waals surface area contributed by atoms with Crippen LogP contribution in [0, 0.1) is 6.92 Å². The van der Waals surface area contributed by atoms with Crippen LogP contribution in [0.4, 0.5) is 10.8 Å². The Kier molecular flexibility index (Phi) is 6.22. The maximum absolute atomic E-state index is 12.2. The van der Waals surface area contributed by atoms with Crippen molar-refractivity contribution in [3.8, 4) is 11.3 Å². The van der Waals surface area contributed by atoms with Gasteiger partial charge in [-0.25, -0.2) is 4.98 Å². The van der Waals surface area contributed by atoms with Gasteiger partial charge in [0, 0.05) is 36.1 Å². The minimum absolute atomic E-state index is 0.0292. The fourth-order valence-corrected chi connectivity index (χ4v) is 4.15. The quantitative estimate of drug-likeness (QED) is 0.652. The molecule has 0 saturated carbocycles. The predicted octanol–water partition coefficient (Wildman–Crippen LogP) is 4.53. The summed E-state index contributed by atoms with van der Waals surface area (Å²) in [5, 5.41) is 6.10. The highest BCUT2D eigenvalue weighted by Crippen LogP contribution is 2.28. The number of hydrogen-bond acceptors (Lipinski definition) is 5. The average molecular weight is 408 g/mol. The number of morpholine rings is 1. The molecule has 0 unspecified atom stereocenters. The number of rotatable bonds is 6. The van der Waals surface area contributed by atoms with Crippen LogP contribution in [0.3, 0.4) is 0 Å². The molecule has 1 aliphatic heterocycles. The molecule has 1 amide bonds. The highest BCUT2D eigenvalue weighted by Gasteiger charge is 2.15. The lowest BCUT2D eigenvalue weighted by atomic mass is 10.1. The Morgan fingerprint density at radius 2 is 1.83 bits per heavy atom. The first-order valence-electron chi connectivity index (χ1n) is 9.91. The van der Waals surface area contributed by atoms with Crippen molar-refractivity contribution in [2.24, 2.45) is 0 Å². The number of carbonyl (C=O) groups excluding carboxylic acids is 1. The number of carbonyl (C=O) groups is 1. The van der Waals surface area contributed by atoms with Gasteiger partial charge in [-0.2, -0.15) is 0 Å². The summed E-state index contributed by atoms with van der Waals surface area (Å²) < 4.78 is 5.41. The van der Waals surface area contributed by atoms with E-state index in [1.54, 1.807) is 11.3 Å². The van der Waals surface area contributed by atoms with Crippen LogP contribution in [0.15, 0.2) is 53.9 Å². The van der Waals surface area contributed by atoms with Gasteiger partial charge in [-0.15, -0.1) is 11.3 Å². The predicted molar refractivity (Wildman–Crippen MR) is 119 cm³/mol. The van der Waals surface area contributed by atoms with E-state index in [2.05, 4.69) is 46.8 Å². The number of amides is 1. The van der Waals surface area contributed by atoms with Gasteiger partial charge in [-0.05, 0) is 31.0 Å². The number of hydrogen-bond donors (Lipinski definition) is 1. The van der Waals surface area contributed by atoms with Crippen molar-refractivity contribution in [1.82, 2.24) is 4.98 Å². The van der Waals surface area contributed by atoms with Crippen molar-refractivity contribution >= 4 is 28.1 Å². The molecule has 5 nitrogen and oxygen atoms in total. The molecule has 2 aromatic carbocycles. The van der Waals surface area contributed by atoms with E-state index >= 15 is 0 Å². The molecule has 1 saturated heterocycles. The zero-order valence-corrected chi connectivity index (χ0v) is 17.4. The van der Waals surface area contributed by atoms with E-state index < -0.39 is 0 Å². The van der Waals surface area contributed by atoms with E-state index in [0.29, 0.717) is 6.42 Å². The van der Waals surface area contributed by atoms with Crippen molar-refractivity contribution in [3.05, 3.63) is 65.0 Å².